The summed E-state index contributed by atoms with van der Waals surface area (Å²) in [6.45, 7) is 0. The van der Waals surface area contributed by atoms with Crippen LogP contribution in [-0.2, 0) is 0 Å². The van der Waals surface area contributed by atoms with Gasteiger partial charge in [0, 0.05) is 5.02 Å². The van der Waals surface area contributed by atoms with E-state index in [2.05, 4.69) is 0 Å². The van der Waals surface area contributed by atoms with Crippen molar-refractivity contribution in [3.63, 3.8) is 0 Å². The van der Waals surface area contributed by atoms with Crippen molar-refractivity contribution in [2.75, 3.05) is 7.11 Å². The molecule has 0 spiro atoms. The third-order valence-corrected chi connectivity index (χ3v) is 3.25. The molecule has 106 valence electrons. The second-order valence-electron chi connectivity index (χ2n) is 4.33. The molecule has 2 rings (SSSR count). The Morgan fingerprint density at radius 3 is 2.76 bits per heavy atom. The van der Waals surface area contributed by atoms with E-state index in [1.165, 1.54) is 19.2 Å². The fourth-order valence-corrected chi connectivity index (χ4v) is 2.12. The van der Waals surface area contributed by atoms with Gasteiger partial charge in [0.2, 0.25) is 0 Å². The molecule has 5 heteroatoms. The van der Waals surface area contributed by atoms with Crippen LogP contribution in [0.4, 0.5) is 4.39 Å². The Balaban J connectivity index is 2.43. The fourth-order valence-electron chi connectivity index (χ4n) is 1.95. The van der Waals surface area contributed by atoms with Crippen molar-refractivity contribution in [1.29, 1.82) is 5.26 Å². The Kier molecular flexibility index (Phi) is 4.56. The summed E-state index contributed by atoms with van der Waals surface area (Å²) in [6.07, 6.45) is 0. The molecule has 0 radical (unpaired) electrons. The van der Waals surface area contributed by atoms with Gasteiger partial charge in [-0.05, 0) is 35.9 Å². The number of Topliss-reactive ketones (excluding diaryl/α,β-unsaturated/α-hetero) is 1. The summed E-state index contributed by atoms with van der Waals surface area (Å²) in [5.74, 6) is -1.93. The zero-order valence-corrected chi connectivity index (χ0v) is 11.9. The van der Waals surface area contributed by atoms with Gasteiger partial charge in [-0.2, -0.15) is 5.26 Å². The van der Waals surface area contributed by atoms with Crippen molar-refractivity contribution in [3.05, 3.63) is 64.4 Å². The molecule has 1 atom stereocenters. The Labute approximate surface area is 126 Å². The zero-order chi connectivity index (χ0) is 15.4. The number of ketones is 1. The normalized spacial score (nSPS) is 11.5. The first-order valence-corrected chi connectivity index (χ1v) is 6.47. The van der Waals surface area contributed by atoms with E-state index in [-0.39, 0.29) is 10.6 Å². The Morgan fingerprint density at radius 2 is 2.10 bits per heavy atom. The molecule has 21 heavy (non-hydrogen) atoms. The quantitative estimate of drug-likeness (QED) is 0.803. The summed E-state index contributed by atoms with van der Waals surface area (Å²) >= 11 is 5.78. The summed E-state index contributed by atoms with van der Waals surface area (Å²) in [5.41, 5.74) is 0.248. The molecule has 0 amide bonds. The van der Waals surface area contributed by atoms with Crippen LogP contribution in [-0.4, -0.2) is 12.9 Å². The minimum absolute atomic E-state index is 0.197. The first kappa shape index (κ1) is 15.0. The molecule has 0 bridgehead atoms. The van der Waals surface area contributed by atoms with Gasteiger partial charge < -0.3 is 4.74 Å². The Morgan fingerprint density at radius 1 is 1.33 bits per heavy atom. The van der Waals surface area contributed by atoms with Gasteiger partial charge in [-0.1, -0.05) is 23.7 Å². The van der Waals surface area contributed by atoms with Crippen LogP contribution < -0.4 is 4.74 Å². The topological polar surface area (TPSA) is 50.1 Å². The predicted molar refractivity (Wildman–Crippen MR) is 77.1 cm³/mol. The highest BCUT2D eigenvalue weighted by Gasteiger charge is 2.25. The third kappa shape index (κ3) is 3.21. The van der Waals surface area contributed by atoms with E-state index >= 15 is 0 Å². The minimum atomic E-state index is -1.12. The summed E-state index contributed by atoms with van der Waals surface area (Å²) < 4.78 is 18.8. The lowest BCUT2D eigenvalue weighted by Crippen LogP contribution is -2.13. The van der Waals surface area contributed by atoms with Crippen molar-refractivity contribution < 1.29 is 13.9 Å². The number of carbonyl (C=O) groups is 1. The number of rotatable bonds is 4. The first-order valence-electron chi connectivity index (χ1n) is 6.09. The Bertz CT molecular complexity index is 724. The molecule has 2 aromatic carbocycles. The third-order valence-electron chi connectivity index (χ3n) is 3.01. The number of benzene rings is 2. The number of nitriles is 1. The van der Waals surface area contributed by atoms with E-state index in [9.17, 15) is 14.4 Å². The van der Waals surface area contributed by atoms with Crippen LogP contribution >= 0.6 is 11.6 Å². The molecule has 0 aliphatic rings. The SMILES string of the molecule is COc1cccc(C(C#N)C(=O)c2cc(Cl)ccc2F)c1. The van der Waals surface area contributed by atoms with Gasteiger partial charge in [-0.25, -0.2) is 4.39 Å². The van der Waals surface area contributed by atoms with E-state index in [1.54, 1.807) is 24.3 Å². The molecule has 0 saturated carbocycles. The maximum atomic E-state index is 13.8. The first-order chi connectivity index (χ1) is 10.1. The smallest absolute Gasteiger partial charge is 0.187 e. The summed E-state index contributed by atoms with van der Waals surface area (Å²) in [6, 6.07) is 12.1. The van der Waals surface area contributed by atoms with E-state index in [1.807, 2.05) is 6.07 Å². The molecule has 0 aliphatic heterocycles. The van der Waals surface area contributed by atoms with Crippen molar-refractivity contribution >= 4 is 17.4 Å². The lowest BCUT2D eigenvalue weighted by molar-refractivity contribution is 0.0975. The van der Waals surface area contributed by atoms with Crippen molar-refractivity contribution in [3.8, 4) is 11.8 Å². The second-order valence-corrected chi connectivity index (χ2v) is 4.76. The lowest BCUT2D eigenvalue weighted by atomic mass is 9.91. The van der Waals surface area contributed by atoms with Crippen LogP contribution in [0.1, 0.15) is 21.8 Å². The zero-order valence-electron chi connectivity index (χ0n) is 11.1. The van der Waals surface area contributed by atoms with Crippen molar-refractivity contribution in [2.24, 2.45) is 0 Å². The fraction of sp³-hybridized carbons (Fsp3) is 0.125. The molecule has 0 fully saturated rings. The van der Waals surface area contributed by atoms with Gasteiger partial charge in [0.1, 0.15) is 17.5 Å². The molecule has 0 aliphatic carbocycles. The molecular formula is C16H11ClFNO2. The minimum Gasteiger partial charge on any atom is -0.497 e. The van der Waals surface area contributed by atoms with Crippen LogP contribution in [0.25, 0.3) is 0 Å². The van der Waals surface area contributed by atoms with Gasteiger partial charge >= 0.3 is 0 Å². The van der Waals surface area contributed by atoms with Crippen LogP contribution in [0.3, 0.4) is 0 Å². The highest BCUT2D eigenvalue weighted by molar-refractivity contribution is 6.31. The summed E-state index contributed by atoms with van der Waals surface area (Å²) in [5, 5.41) is 9.51. The number of halogens is 2. The molecule has 0 heterocycles. The van der Waals surface area contributed by atoms with E-state index < -0.39 is 17.5 Å². The van der Waals surface area contributed by atoms with Gasteiger partial charge in [0.25, 0.3) is 0 Å². The summed E-state index contributed by atoms with van der Waals surface area (Å²) in [7, 11) is 1.49. The standard InChI is InChI=1S/C16H11ClFNO2/c1-21-12-4-2-3-10(7-12)14(9-19)16(20)13-8-11(17)5-6-15(13)18/h2-8,14H,1H3. The van der Waals surface area contributed by atoms with Gasteiger partial charge in [0.05, 0.1) is 18.7 Å². The number of ether oxygens (including phenoxy) is 1. The van der Waals surface area contributed by atoms with Crippen LogP contribution in [0.2, 0.25) is 5.02 Å². The molecule has 3 nitrogen and oxygen atoms in total. The number of hydrogen-bond acceptors (Lipinski definition) is 3. The number of hydrogen-bond donors (Lipinski definition) is 0. The maximum Gasteiger partial charge on any atom is 0.187 e. The van der Waals surface area contributed by atoms with Crippen LogP contribution in [0.15, 0.2) is 42.5 Å². The van der Waals surface area contributed by atoms with Crippen molar-refractivity contribution in [2.45, 2.75) is 5.92 Å². The van der Waals surface area contributed by atoms with E-state index in [4.69, 9.17) is 16.3 Å². The van der Waals surface area contributed by atoms with Gasteiger partial charge in [-0.3, -0.25) is 4.79 Å². The predicted octanol–water partition coefficient (Wildman–Crippen LogP) is 3.98. The number of nitrogens with zero attached hydrogens (tertiary/aromatic N) is 1. The number of carbonyl (C=O) groups excluding carboxylic acids is 1. The molecule has 2 aromatic rings. The maximum absolute atomic E-state index is 13.8. The molecule has 0 saturated heterocycles. The monoisotopic (exact) mass is 303 g/mol. The van der Waals surface area contributed by atoms with Crippen molar-refractivity contribution in [1.82, 2.24) is 0 Å². The highest BCUT2D eigenvalue weighted by Crippen LogP contribution is 2.26. The van der Waals surface area contributed by atoms with Gasteiger partial charge in [-0.15, -0.1) is 0 Å². The highest BCUT2D eigenvalue weighted by atomic mass is 35.5. The second kappa shape index (κ2) is 6.38. The average molecular weight is 304 g/mol. The molecule has 1 unspecified atom stereocenters. The number of methoxy groups -OCH3 is 1. The average Bonchev–Trinajstić information content (AvgIpc) is 2.50. The van der Waals surface area contributed by atoms with Gasteiger partial charge in [0.15, 0.2) is 5.78 Å². The molecular weight excluding hydrogens is 293 g/mol. The van der Waals surface area contributed by atoms with E-state index in [0.29, 0.717) is 11.3 Å². The lowest BCUT2D eigenvalue weighted by Gasteiger charge is -2.11. The van der Waals surface area contributed by atoms with E-state index in [0.717, 1.165) is 6.07 Å². The largest absolute Gasteiger partial charge is 0.497 e. The van der Waals surface area contributed by atoms with Crippen LogP contribution in [0.5, 0.6) is 5.75 Å². The summed E-state index contributed by atoms with van der Waals surface area (Å²) in [4.78, 5) is 12.4. The molecule has 0 N–H and O–H groups in total. The van der Waals surface area contributed by atoms with Crippen LogP contribution in [0, 0.1) is 17.1 Å². The molecule has 0 aromatic heterocycles. The Hall–Kier alpha value is -2.38.